The third kappa shape index (κ3) is 9.63. The molecule has 2 saturated heterocycles. The smallest absolute Gasteiger partial charge is 0.388 e. The van der Waals surface area contributed by atoms with E-state index in [9.17, 15) is 27.0 Å². The van der Waals surface area contributed by atoms with Gasteiger partial charge >= 0.3 is 6.18 Å². The van der Waals surface area contributed by atoms with Crippen LogP contribution < -0.4 is 10.6 Å². The first-order valence-electron chi connectivity index (χ1n) is 18.2. The van der Waals surface area contributed by atoms with E-state index in [1.54, 1.807) is 18.7 Å². The van der Waals surface area contributed by atoms with Crippen molar-refractivity contribution in [1.82, 2.24) is 33.6 Å². The van der Waals surface area contributed by atoms with Gasteiger partial charge in [0.2, 0.25) is 12.4 Å². The highest BCUT2D eigenvalue weighted by Gasteiger charge is 2.36. The molecule has 0 radical (unpaired) electrons. The number of halogens is 3. The number of carbonyl (C=O) groups excluding carboxylic acids is 2. The molecule has 0 saturated carbocycles. The number of imidazole rings is 1. The van der Waals surface area contributed by atoms with Crippen molar-refractivity contribution in [1.29, 1.82) is 5.41 Å². The first kappa shape index (κ1) is 39.7. The first-order chi connectivity index (χ1) is 26.5. The zero-order valence-electron chi connectivity index (χ0n) is 30.8. The highest BCUT2D eigenvalue weighted by molar-refractivity contribution is 7.82. The fraction of sp³-hybridized carbons (Fsp3) is 0.421. The van der Waals surface area contributed by atoms with Crippen molar-refractivity contribution in [3.05, 3.63) is 83.4 Å². The Kier molecular flexibility index (Phi) is 12.7. The first-order valence-corrected chi connectivity index (χ1v) is 19.3. The van der Waals surface area contributed by atoms with Crippen molar-refractivity contribution in [3.63, 3.8) is 0 Å². The number of carbonyl (C=O) groups is 2. The predicted octanol–water partition coefficient (Wildman–Crippen LogP) is 5.29. The summed E-state index contributed by atoms with van der Waals surface area (Å²) in [6.07, 6.45) is 3.68. The molecule has 4 aromatic rings. The van der Waals surface area contributed by atoms with Gasteiger partial charge in [0.15, 0.2) is 0 Å². The number of alkyl halides is 3. The Labute approximate surface area is 320 Å². The van der Waals surface area contributed by atoms with Gasteiger partial charge in [0.05, 0.1) is 11.2 Å². The maximum Gasteiger partial charge on any atom is 0.420 e. The Morgan fingerprint density at radius 3 is 2.47 bits per heavy atom. The molecule has 0 aliphatic carbocycles. The molecule has 1 atom stereocenters. The summed E-state index contributed by atoms with van der Waals surface area (Å²) in [7, 11) is 2.09. The van der Waals surface area contributed by atoms with Crippen LogP contribution in [0.15, 0.2) is 66.1 Å². The number of benzene rings is 2. The molecule has 6 rings (SSSR count). The molecule has 4 heterocycles. The molecule has 3 N–H and O–H groups in total. The lowest BCUT2D eigenvalue weighted by Gasteiger charge is -2.33. The maximum atomic E-state index is 13.7. The maximum absolute atomic E-state index is 13.7. The molecule has 2 fully saturated rings. The summed E-state index contributed by atoms with van der Waals surface area (Å²) in [6.45, 7) is 3.74. The molecule has 292 valence electrons. The van der Waals surface area contributed by atoms with Gasteiger partial charge in [0, 0.05) is 76.4 Å². The van der Waals surface area contributed by atoms with Crippen molar-refractivity contribution in [3.8, 4) is 11.4 Å². The number of likely N-dealkylation sites (tertiary alicyclic amines) is 1. The number of hydrogen-bond acceptors (Lipinski definition) is 10. The number of anilines is 2. The number of aldehydes is 1. The Morgan fingerprint density at radius 2 is 1.82 bits per heavy atom. The van der Waals surface area contributed by atoms with Crippen molar-refractivity contribution in [2.75, 3.05) is 50.4 Å². The van der Waals surface area contributed by atoms with Crippen LogP contribution in [0.2, 0.25) is 0 Å². The zero-order valence-corrected chi connectivity index (χ0v) is 31.6. The van der Waals surface area contributed by atoms with Gasteiger partial charge in [0.1, 0.15) is 40.1 Å². The van der Waals surface area contributed by atoms with Gasteiger partial charge in [-0.15, -0.1) is 0 Å². The van der Waals surface area contributed by atoms with Gasteiger partial charge in [-0.25, -0.2) is 23.5 Å². The highest BCUT2D eigenvalue weighted by Crippen LogP contribution is 2.36. The van der Waals surface area contributed by atoms with Gasteiger partial charge in [-0.1, -0.05) is 18.2 Å². The van der Waals surface area contributed by atoms with E-state index >= 15 is 0 Å². The number of aromatic nitrogens is 4. The quantitative estimate of drug-likeness (QED) is 0.0882. The van der Waals surface area contributed by atoms with Crippen LogP contribution in [0.1, 0.15) is 60.3 Å². The second-order valence-corrected chi connectivity index (χ2v) is 15.3. The minimum absolute atomic E-state index is 0.0509. The average molecular weight is 779 g/mol. The zero-order chi connectivity index (χ0) is 39.1. The standard InChI is InChI=1S/C38H45F3N10O3S/c1-43-33-20-28(7-8-31(33)36(42)50(25-53)13-4-18-52)27-9-14-49(15-10-27)22-26-5-3-6-30(19-26)55(54)51-16-11-29(12-17-51)46-37-44-21-32(38(39,40)41)35(47-37)34-23-48(2)24-45-34/h3,5-8,18-21,23-25,27,29,42-43H,4,9-17,22H2,1-2H3,(H,44,46,47). The molecule has 2 aromatic heterocycles. The molecular weight excluding hydrogens is 734 g/mol. The van der Waals surface area contributed by atoms with E-state index in [4.69, 9.17) is 5.41 Å². The summed E-state index contributed by atoms with van der Waals surface area (Å²) in [4.78, 5) is 38.9. The number of amides is 1. The van der Waals surface area contributed by atoms with E-state index in [-0.39, 0.29) is 42.2 Å². The minimum atomic E-state index is -4.63. The number of amidine groups is 1. The number of piperidine rings is 2. The van der Waals surface area contributed by atoms with E-state index < -0.39 is 22.7 Å². The van der Waals surface area contributed by atoms with Crippen LogP contribution in [-0.2, 0) is 40.3 Å². The lowest BCUT2D eigenvalue weighted by molar-refractivity contribution is -0.137. The van der Waals surface area contributed by atoms with Gasteiger partial charge in [0.25, 0.3) is 0 Å². The molecule has 55 heavy (non-hydrogen) atoms. The fourth-order valence-corrected chi connectivity index (χ4v) is 8.40. The molecule has 2 aromatic carbocycles. The molecule has 1 amide bonds. The third-order valence-corrected chi connectivity index (χ3v) is 11.6. The van der Waals surface area contributed by atoms with Crippen LogP contribution >= 0.6 is 0 Å². The Hall–Kier alpha value is -5.00. The highest BCUT2D eigenvalue weighted by atomic mass is 32.2. The van der Waals surface area contributed by atoms with Crippen LogP contribution in [-0.4, -0.2) is 102 Å². The topological polar surface area (TPSA) is 152 Å². The summed E-state index contributed by atoms with van der Waals surface area (Å²) >= 11 is 0. The normalized spacial score (nSPS) is 16.7. The molecule has 13 nitrogen and oxygen atoms in total. The van der Waals surface area contributed by atoms with Crippen molar-refractivity contribution >= 4 is 41.2 Å². The van der Waals surface area contributed by atoms with E-state index in [2.05, 4.69) is 36.6 Å². The van der Waals surface area contributed by atoms with E-state index in [1.165, 1.54) is 23.0 Å². The van der Waals surface area contributed by atoms with Gasteiger partial charge in [-0.2, -0.15) is 13.2 Å². The summed E-state index contributed by atoms with van der Waals surface area (Å²) in [6, 6.07) is 13.7. The van der Waals surface area contributed by atoms with Gasteiger partial charge < -0.3 is 20.0 Å². The average Bonchev–Trinajstić information content (AvgIpc) is 3.63. The molecule has 0 bridgehead atoms. The Morgan fingerprint density at radius 1 is 1.05 bits per heavy atom. The molecule has 2 aliphatic rings. The lowest BCUT2D eigenvalue weighted by Crippen LogP contribution is -2.40. The summed E-state index contributed by atoms with van der Waals surface area (Å²) in [5.74, 6) is 0.487. The SMILES string of the molecule is CNc1cc(C2CCN(Cc3cccc(S(=O)N4CCC(Nc5ncc(C(F)(F)F)c(-c6cn(C)cn6)n5)CC4)c3)CC2)ccc1C(=N)N(C=O)CCC=O. The van der Waals surface area contributed by atoms with E-state index in [1.807, 2.05) is 40.7 Å². The number of nitrogens with zero attached hydrogens (tertiary/aromatic N) is 7. The number of nitrogens with one attached hydrogen (secondary N) is 3. The summed E-state index contributed by atoms with van der Waals surface area (Å²) in [5, 5.41) is 14.9. The molecule has 17 heteroatoms. The third-order valence-electron chi connectivity index (χ3n) is 10.1. The monoisotopic (exact) mass is 778 g/mol. The second kappa shape index (κ2) is 17.6. The summed E-state index contributed by atoms with van der Waals surface area (Å²) < 4.78 is 58.3. The van der Waals surface area contributed by atoms with E-state index in [0.29, 0.717) is 43.8 Å². The fourth-order valence-electron chi connectivity index (χ4n) is 7.11. The van der Waals surface area contributed by atoms with Crippen molar-refractivity contribution in [2.24, 2.45) is 7.05 Å². The predicted molar refractivity (Wildman–Crippen MR) is 204 cm³/mol. The van der Waals surface area contributed by atoms with Crippen molar-refractivity contribution in [2.45, 2.75) is 61.7 Å². The van der Waals surface area contributed by atoms with Crippen LogP contribution in [0.5, 0.6) is 0 Å². The molecule has 1 unspecified atom stereocenters. The molecule has 2 aliphatic heterocycles. The summed E-state index contributed by atoms with van der Waals surface area (Å²) in [5.41, 5.74) is 2.50. The van der Waals surface area contributed by atoms with Crippen LogP contribution in [0, 0.1) is 5.41 Å². The number of aryl methyl sites for hydroxylation is 1. The van der Waals surface area contributed by atoms with Gasteiger partial charge in [-0.3, -0.25) is 20.0 Å². The van der Waals surface area contributed by atoms with Crippen molar-refractivity contribution < 1.29 is 27.0 Å². The Bertz CT molecular complexity index is 2010. The molecular formula is C38H45F3N10O3S. The van der Waals surface area contributed by atoms with Crippen LogP contribution in [0.4, 0.5) is 24.8 Å². The Balaban J connectivity index is 1.01. The number of hydrogen-bond donors (Lipinski definition) is 3. The van der Waals surface area contributed by atoms with Crippen LogP contribution in [0.25, 0.3) is 11.4 Å². The van der Waals surface area contributed by atoms with E-state index in [0.717, 1.165) is 61.1 Å². The lowest BCUT2D eigenvalue weighted by atomic mass is 9.88. The molecule has 0 spiro atoms. The largest absolute Gasteiger partial charge is 0.420 e. The second-order valence-electron chi connectivity index (χ2n) is 13.8. The van der Waals surface area contributed by atoms with Crippen LogP contribution in [0.3, 0.4) is 0 Å². The number of rotatable bonds is 14. The minimum Gasteiger partial charge on any atom is -0.388 e. The van der Waals surface area contributed by atoms with Gasteiger partial charge in [-0.05, 0) is 80.1 Å².